The fourth-order valence-electron chi connectivity index (χ4n) is 2.20. The molecule has 0 spiro atoms. The summed E-state index contributed by atoms with van der Waals surface area (Å²) in [6.45, 7) is 2.06. The van der Waals surface area contributed by atoms with Crippen LogP contribution < -0.4 is 11.3 Å². The summed E-state index contributed by atoms with van der Waals surface area (Å²) in [7, 11) is 0. The van der Waals surface area contributed by atoms with E-state index in [0.29, 0.717) is 24.6 Å². The number of nitrogens with zero attached hydrogens (tertiary/aromatic N) is 1. The summed E-state index contributed by atoms with van der Waals surface area (Å²) in [5.41, 5.74) is 5.84. The Morgan fingerprint density at radius 3 is 3.12 bits per heavy atom. The Kier molecular flexibility index (Phi) is 3.58. The highest BCUT2D eigenvalue weighted by Crippen LogP contribution is 2.17. The van der Waals surface area contributed by atoms with Gasteiger partial charge in [0.25, 0.3) is 5.91 Å². The van der Waals surface area contributed by atoms with Crippen LogP contribution in [0.1, 0.15) is 23.2 Å². The largest absolute Gasteiger partial charge is 0.338 e. The summed E-state index contributed by atoms with van der Waals surface area (Å²) in [6.07, 6.45) is 3.56. The van der Waals surface area contributed by atoms with Crippen molar-refractivity contribution >= 4 is 5.91 Å². The molecule has 1 atom stereocenters. The molecule has 0 aromatic carbocycles. The van der Waals surface area contributed by atoms with Gasteiger partial charge in [0.05, 0.1) is 0 Å². The van der Waals surface area contributed by atoms with E-state index >= 15 is 0 Å². The van der Waals surface area contributed by atoms with Crippen LogP contribution in [0.4, 0.5) is 0 Å². The van der Waals surface area contributed by atoms with Gasteiger partial charge in [-0.25, -0.2) is 0 Å². The normalized spacial score (nSPS) is 20.3. The van der Waals surface area contributed by atoms with E-state index in [9.17, 15) is 9.59 Å². The molecule has 1 fully saturated rings. The second-order valence-corrected chi connectivity index (χ2v) is 4.44. The van der Waals surface area contributed by atoms with E-state index in [2.05, 4.69) is 4.98 Å². The van der Waals surface area contributed by atoms with E-state index in [1.165, 1.54) is 12.3 Å². The zero-order valence-corrected chi connectivity index (χ0v) is 9.69. The van der Waals surface area contributed by atoms with Gasteiger partial charge in [0.1, 0.15) is 0 Å². The Bertz CT molecular complexity index is 455. The van der Waals surface area contributed by atoms with Crippen LogP contribution in [0.5, 0.6) is 0 Å². The zero-order valence-electron chi connectivity index (χ0n) is 9.69. The maximum Gasteiger partial charge on any atom is 0.254 e. The maximum absolute atomic E-state index is 12.1. The van der Waals surface area contributed by atoms with Crippen LogP contribution in [-0.2, 0) is 0 Å². The monoisotopic (exact) mass is 235 g/mol. The van der Waals surface area contributed by atoms with Crippen molar-refractivity contribution in [3.05, 3.63) is 34.2 Å². The third-order valence-electron chi connectivity index (χ3n) is 3.16. The van der Waals surface area contributed by atoms with Gasteiger partial charge in [0, 0.05) is 30.9 Å². The predicted octanol–water partition coefficient (Wildman–Crippen LogP) is 0.186. The predicted molar refractivity (Wildman–Crippen MR) is 64.7 cm³/mol. The van der Waals surface area contributed by atoms with Crippen LogP contribution >= 0.6 is 0 Å². The quantitative estimate of drug-likeness (QED) is 0.767. The zero-order chi connectivity index (χ0) is 12.3. The highest BCUT2D eigenvalue weighted by molar-refractivity contribution is 5.94. The van der Waals surface area contributed by atoms with Gasteiger partial charge in [-0.1, -0.05) is 0 Å². The molecular weight excluding hydrogens is 218 g/mol. The van der Waals surface area contributed by atoms with E-state index in [0.717, 1.165) is 19.4 Å². The van der Waals surface area contributed by atoms with Crippen molar-refractivity contribution in [2.75, 3.05) is 19.6 Å². The van der Waals surface area contributed by atoms with Crippen molar-refractivity contribution in [1.29, 1.82) is 0 Å². The Labute approximate surface area is 99.6 Å². The molecule has 1 amide bonds. The van der Waals surface area contributed by atoms with E-state index < -0.39 is 0 Å². The fourth-order valence-corrected chi connectivity index (χ4v) is 2.20. The van der Waals surface area contributed by atoms with E-state index in [4.69, 9.17) is 5.73 Å². The molecule has 2 heterocycles. The number of H-pyrrole nitrogens is 1. The fraction of sp³-hybridized carbons (Fsp3) is 0.500. The molecule has 0 aliphatic carbocycles. The Balaban J connectivity index is 2.12. The summed E-state index contributed by atoms with van der Waals surface area (Å²) in [4.78, 5) is 27.6. The van der Waals surface area contributed by atoms with Gasteiger partial charge in [0.15, 0.2) is 0 Å². The minimum Gasteiger partial charge on any atom is -0.338 e. The number of aromatic nitrogens is 1. The molecule has 0 saturated carbocycles. The van der Waals surface area contributed by atoms with Gasteiger partial charge in [-0.15, -0.1) is 0 Å². The van der Waals surface area contributed by atoms with Crippen molar-refractivity contribution < 1.29 is 4.79 Å². The molecule has 1 saturated heterocycles. The average Bonchev–Trinajstić information content (AvgIpc) is 2.38. The van der Waals surface area contributed by atoms with Crippen LogP contribution in [0.25, 0.3) is 0 Å². The smallest absolute Gasteiger partial charge is 0.254 e. The number of nitrogens with two attached hydrogens (primary N) is 1. The van der Waals surface area contributed by atoms with Crippen LogP contribution in [0.2, 0.25) is 0 Å². The van der Waals surface area contributed by atoms with E-state index in [1.807, 2.05) is 0 Å². The number of carbonyl (C=O) groups is 1. The second kappa shape index (κ2) is 5.14. The number of piperidine rings is 1. The van der Waals surface area contributed by atoms with E-state index in [-0.39, 0.29) is 11.5 Å². The Morgan fingerprint density at radius 2 is 2.41 bits per heavy atom. The molecule has 5 nitrogen and oxygen atoms in total. The first-order valence-electron chi connectivity index (χ1n) is 5.89. The SMILES string of the molecule is NC[C@H]1CCCN(C(=O)c2cc[nH]c(=O)c2)C1. The first kappa shape index (κ1) is 11.9. The number of aromatic amines is 1. The molecule has 1 aliphatic heterocycles. The summed E-state index contributed by atoms with van der Waals surface area (Å²) in [5.74, 6) is 0.309. The summed E-state index contributed by atoms with van der Waals surface area (Å²) >= 11 is 0. The number of likely N-dealkylation sites (tertiary alicyclic amines) is 1. The summed E-state index contributed by atoms with van der Waals surface area (Å²) < 4.78 is 0. The summed E-state index contributed by atoms with van der Waals surface area (Å²) in [5, 5.41) is 0. The highest BCUT2D eigenvalue weighted by atomic mass is 16.2. The van der Waals surface area contributed by atoms with Gasteiger partial charge in [0.2, 0.25) is 5.56 Å². The van der Waals surface area contributed by atoms with Crippen LogP contribution in [-0.4, -0.2) is 35.4 Å². The molecule has 0 unspecified atom stereocenters. The van der Waals surface area contributed by atoms with Crippen molar-refractivity contribution in [3.63, 3.8) is 0 Å². The number of amides is 1. The van der Waals surface area contributed by atoms with Gasteiger partial charge in [-0.2, -0.15) is 0 Å². The summed E-state index contributed by atoms with van der Waals surface area (Å²) in [6, 6.07) is 2.98. The van der Waals surface area contributed by atoms with Crippen LogP contribution in [0, 0.1) is 5.92 Å². The third kappa shape index (κ3) is 2.74. The first-order valence-corrected chi connectivity index (χ1v) is 5.89. The molecule has 0 radical (unpaired) electrons. The molecule has 0 bridgehead atoms. The minimum absolute atomic E-state index is 0.0748. The van der Waals surface area contributed by atoms with Crippen LogP contribution in [0.3, 0.4) is 0 Å². The lowest BCUT2D eigenvalue weighted by molar-refractivity contribution is 0.0678. The number of carbonyl (C=O) groups excluding carboxylic acids is 1. The molecule has 2 rings (SSSR count). The minimum atomic E-state index is -0.247. The molecule has 92 valence electrons. The number of hydrogen-bond donors (Lipinski definition) is 2. The first-order chi connectivity index (χ1) is 8.20. The number of pyridine rings is 1. The standard InChI is InChI=1S/C12H17N3O2/c13-7-9-2-1-5-15(8-9)12(17)10-3-4-14-11(16)6-10/h3-4,6,9H,1-2,5,7-8,13H2,(H,14,16)/t9-/m1/s1. The number of nitrogens with one attached hydrogen (secondary N) is 1. The average molecular weight is 235 g/mol. The molecule has 1 aromatic heterocycles. The lowest BCUT2D eigenvalue weighted by Crippen LogP contribution is -2.42. The molecule has 1 aliphatic rings. The van der Waals surface area contributed by atoms with Crippen molar-refractivity contribution in [1.82, 2.24) is 9.88 Å². The maximum atomic E-state index is 12.1. The lowest BCUT2D eigenvalue weighted by atomic mass is 9.98. The van der Waals surface area contributed by atoms with Crippen molar-refractivity contribution in [3.8, 4) is 0 Å². The van der Waals surface area contributed by atoms with Crippen molar-refractivity contribution in [2.24, 2.45) is 11.7 Å². The van der Waals surface area contributed by atoms with Gasteiger partial charge < -0.3 is 15.6 Å². The third-order valence-corrected chi connectivity index (χ3v) is 3.16. The molecule has 3 N–H and O–H groups in total. The lowest BCUT2D eigenvalue weighted by Gasteiger charge is -2.32. The van der Waals surface area contributed by atoms with E-state index in [1.54, 1.807) is 11.0 Å². The Hall–Kier alpha value is -1.62. The number of rotatable bonds is 2. The van der Waals surface area contributed by atoms with Gasteiger partial charge in [-0.05, 0) is 31.4 Å². The van der Waals surface area contributed by atoms with Gasteiger partial charge >= 0.3 is 0 Å². The Morgan fingerprint density at radius 1 is 1.59 bits per heavy atom. The van der Waals surface area contributed by atoms with Crippen molar-refractivity contribution in [2.45, 2.75) is 12.8 Å². The molecule has 5 heteroatoms. The second-order valence-electron chi connectivity index (χ2n) is 4.44. The molecule has 1 aromatic rings. The highest BCUT2D eigenvalue weighted by Gasteiger charge is 2.23. The van der Waals surface area contributed by atoms with Crippen LogP contribution in [0.15, 0.2) is 23.1 Å². The molecular formula is C12H17N3O2. The van der Waals surface area contributed by atoms with Gasteiger partial charge in [-0.3, -0.25) is 9.59 Å². The molecule has 17 heavy (non-hydrogen) atoms. The topological polar surface area (TPSA) is 79.2 Å². The number of hydrogen-bond acceptors (Lipinski definition) is 3.